The lowest BCUT2D eigenvalue weighted by molar-refractivity contribution is 0.0697. The number of nitrogens with one attached hydrogen (secondary N) is 1. The third kappa shape index (κ3) is 1.91. The van der Waals surface area contributed by atoms with E-state index in [0.29, 0.717) is 23.6 Å². The standard InChI is InChI=1S/C15H20N2O2/c1-9(2)17-13-4-3-10(15(18)19)7-12(13)11-5-6-16-8-14(11)17/h3-4,7,9,11,14,16H,5-6,8H2,1-2H3,(H,18,19). The zero-order chi connectivity index (χ0) is 13.6. The Bertz CT molecular complexity index is 513. The van der Waals surface area contributed by atoms with Crippen molar-refractivity contribution in [3.8, 4) is 0 Å². The molecular formula is C15H20N2O2. The molecule has 2 aliphatic heterocycles. The highest BCUT2D eigenvalue weighted by molar-refractivity contribution is 5.89. The molecule has 1 aromatic rings. The lowest BCUT2D eigenvalue weighted by Crippen LogP contribution is -2.49. The molecule has 2 N–H and O–H groups in total. The Morgan fingerprint density at radius 1 is 1.47 bits per heavy atom. The van der Waals surface area contributed by atoms with Crippen molar-refractivity contribution >= 4 is 11.7 Å². The molecule has 4 heteroatoms. The quantitative estimate of drug-likeness (QED) is 0.854. The van der Waals surface area contributed by atoms with E-state index in [0.717, 1.165) is 19.5 Å². The lowest BCUT2D eigenvalue weighted by atomic mass is 9.88. The Morgan fingerprint density at radius 3 is 2.95 bits per heavy atom. The van der Waals surface area contributed by atoms with Crippen LogP contribution in [0.3, 0.4) is 0 Å². The molecule has 0 bridgehead atoms. The van der Waals surface area contributed by atoms with Gasteiger partial charge in [-0.3, -0.25) is 0 Å². The van der Waals surface area contributed by atoms with Gasteiger partial charge in [-0.1, -0.05) is 0 Å². The van der Waals surface area contributed by atoms with E-state index < -0.39 is 5.97 Å². The van der Waals surface area contributed by atoms with Gasteiger partial charge in [0.1, 0.15) is 0 Å². The smallest absolute Gasteiger partial charge is 0.335 e. The summed E-state index contributed by atoms with van der Waals surface area (Å²) in [5.41, 5.74) is 2.85. The fraction of sp³-hybridized carbons (Fsp3) is 0.533. The van der Waals surface area contributed by atoms with Crippen LogP contribution in [0.25, 0.3) is 0 Å². The summed E-state index contributed by atoms with van der Waals surface area (Å²) >= 11 is 0. The minimum atomic E-state index is -0.837. The van der Waals surface area contributed by atoms with Gasteiger partial charge in [0.2, 0.25) is 0 Å². The van der Waals surface area contributed by atoms with Crippen molar-refractivity contribution in [1.82, 2.24) is 5.32 Å². The molecule has 0 spiro atoms. The predicted octanol–water partition coefficient (Wildman–Crippen LogP) is 2.06. The highest BCUT2D eigenvalue weighted by Gasteiger charge is 2.40. The second-order valence-corrected chi connectivity index (χ2v) is 5.75. The fourth-order valence-corrected chi connectivity index (χ4v) is 3.56. The normalized spacial score (nSPS) is 25.3. The van der Waals surface area contributed by atoms with Gasteiger partial charge in [-0.25, -0.2) is 4.79 Å². The highest BCUT2D eigenvalue weighted by Crippen LogP contribution is 2.45. The number of carboxylic acid groups (broad SMARTS) is 1. The van der Waals surface area contributed by atoms with E-state index in [1.807, 2.05) is 12.1 Å². The van der Waals surface area contributed by atoms with Crippen LogP contribution in [0.4, 0.5) is 5.69 Å². The van der Waals surface area contributed by atoms with E-state index in [2.05, 4.69) is 24.1 Å². The number of carbonyl (C=O) groups is 1. The van der Waals surface area contributed by atoms with Crippen molar-refractivity contribution in [2.45, 2.75) is 38.3 Å². The van der Waals surface area contributed by atoms with Crippen LogP contribution in [0.2, 0.25) is 0 Å². The molecule has 1 saturated heterocycles. The summed E-state index contributed by atoms with van der Waals surface area (Å²) in [4.78, 5) is 13.6. The van der Waals surface area contributed by atoms with Crippen molar-refractivity contribution in [2.75, 3.05) is 18.0 Å². The topological polar surface area (TPSA) is 52.6 Å². The molecule has 102 valence electrons. The third-order valence-electron chi connectivity index (χ3n) is 4.32. The molecule has 2 aliphatic rings. The van der Waals surface area contributed by atoms with Gasteiger partial charge < -0.3 is 15.3 Å². The molecule has 1 fully saturated rings. The summed E-state index contributed by atoms with van der Waals surface area (Å²) in [6.07, 6.45) is 1.09. The first-order chi connectivity index (χ1) is 9.09. The molecule has 2 unspecified atom stereocenters. The summed E-state index contributed by atoms with van der Waals surface area (Å²) in [7, 11) is 0. The van der Waals surface area contributed by atoms with E-state index in [9.17, 15) is 4.79 Å². The molecule has 0 aromatic heterocycles. The Labute approximate surface area is 113 Å². The number of nitrogens with zero attached hydrogens (tertiary/aromatic N) is 1. The molecule has 19 heavy (non-hydrogen) atoms. The Balaban J connectivity index is 2.08. The average molecular weight is 260 g/mol. The van der Waals surface area contributed by atoms with Crippen molar-refractivity contribution in [3.05, 3.63) is 29.3 Å². The molecule has 2 atom stereocenters. The van der Waals surface area contributed by atoms with Crippen LogP contribution in [0.15, 0.2) is 18.2 Å². The van der Waals surface area contributed by atoms with Crippen molar-refractivity contribution in [1.29, 1.82) is 0 Å². The molecule has 0 amide bonds. The first-order valence-corrected chi connectivity index (χ1v) is 6.96. The van der Waals surface area contributed by atoms with E-state index in [-0.39, 0.29) is 0 Å². The van der Waals surface area contributed by atoms with Gasteiger partial charge in [0.05, 0.1) is 5.56 Å². The summed E-state index contributed by atoms with van der Waals surface area (Å²) in [5, 5.41) is 12.6. The number of benzene rings is 1. The van der Waals surface area contributed by atoms with Gasteiger partial charge in [0.25, 0.3) is 0 Å². The van der Waals surface area contributed by atoms with Crippen molar-refractivity contribution < 1.29 is 9.90 Å². The van der Waals surface area contributed by atoms with E-state index in [1.54, 1.807) is 6.07 Å². The lowest BCUT2D eigenvalue weighted by Gasteiger charge is -2.36. The Morgan fingerprint density at radius 2 is 2.26 bits per heavy atom. The van der Waals surface area contributed by atoms with Gasteiger partial charge in [-0.2, -0.15) is 0 Å². The monoisotopic (exact) mass is 260 g/mol. The predicted molar refractivity (Wildman–Crippen MR) is 75.0 cm³/mol. The number of anilines is 1. The molecule has 0 aliphatic carbocycles. The largest absolute Gasteiger partial charge is 0.478 e. The van der Waals surface area contributed by atoms with Gasteiger partial charge >= 0.3 is 5.97 Å². The maximum absolute atomic E-state index is 11.2. The third-order valence-corrected chi connectivity index (χ3v) is 4.32. The van der Waals surface area contributed by atoms with Crippen LogP contribution in [0.1, 0.15) is 42.1 Å². The number of rotatable bonds is 2. The molecule has 3 rings (SSSR count). The number of hydrogen-bond donors (Lipinski definition) is 2. The van der Waals surface area contributed by atoms with Crippen LogP contribution in [0, 0.1) is 0 Å². The number of hydrogen-bond acceptors (Lipinski definition) is 3. The van der Waals surface area contributed by atoms with Crippen molar-refractivity contribution in [3.63, 3.8) is 0 Å². The van der Waals surface area contributed by atoms with Gasteiger partial charge in [-0.15, -0.1) is 0 Å². The summed E-state index contributed by atoms with van der Waals surface area (Å²) in [6.45, 7) is 6.40. The maximum atomic E-state index is 11.2. The van der Waals surface area contributed by atoms with Crippen LogP contribution >= 0.6 is 0 Å². The van der Waals surface area contributed by atoms with Crippen LogP contribution in [-0.2, 0) is 0 Å². The first-order valence-electron chi connectivity index (χ1n) is 6.96. The zero-order valence-electron chi connectivity index (χ0n) is 11.4. The Hall–Kier alpha value is -1.55. The molecule has 1 aromatic carbocycles. The number of piperidine rings is 1. The van der Waals surface area contributed by atoms with Gasteiger partial charge in [-0.05, 0) is 50.6 Å². The number of carboxylic acids is 1. The highest BCUT2D eigenvalue weighted by atomic mass is 16.4. The second kappa shape index (κ2) is 4.53. The van der Waals surface area contributed by atoms with E-state index in [1.165, 1.54) is 11.3 Å². The SMILES string of the molecule is CC(C)N1c2ccc(C(=O)O)cc2C2CCNCC21. The fourth-order valence-electron chi connectivity index (χ4n) is 3.56. The molecule has 2 heterocycles. The summed E-state index contributed by atoms with van der Waals surface area (Å²) < 4.78 is 0. The summed E-state index contributed by atoms with van der Waals surface area (Å²) in [6, 6.07) is 6.48. The van der Waals surface area contributed by atoms with Crippen LogP contribution in [-0.4, -0.2) is 36.2 Å². The van der Waals surface area contributed by atoms with E-state index in [4.69, 9.17) is 5.11 Å². The zero-order valence-corrected chi connectivity index (χ0v) is 11.4. The maximum Gasteiger partial charge on any atom is 0.335 e. The average Bonchev–Trinajstić information content (AvgIpc) is 2.72. The minimum Gasteiger partial charge on any atom is -0.478 e. The second-order valence-electron chi connectivity index (χ2n) is 5.75. The van der Waals surface area contributed by atoms with E-state index >= 15 is 0 Å². The summed E-state index contributed by atoms with van der Waals surface area (Å²) in [5.74, 6) is -0.366. The van der Waals surface area contributed by atoms with Gasteiger partial charge in [0.15, 0.2) is 0 Å². The molecule has 4 nitrogen and oxygen atoms in total. The molecule has 0 saturated carbocycles. The number of fused-ring (bicyclic) bond motifs is 3. The van der Waals surface area contributed by atoms with Crippen molar-refractivity contribution in [2.24, 2.45) is 0 Å². The van der Waals surface area contributed by atoms with Crippen LogP contribution < -0.4 is 10.2 Å². The molecule has 0 radical (unpaired) electrons. The van der Waals surface area contributed by atoms with Gasteiger partial charge in [0, 0.05) is 30.2 Å². The first kappa shape index (κ1) is 12.5. The minimum absolute atomic E-state index is 0.404. The Kier molecular flexibility index (Phi) is 2.97. The van der Waals surface area contributed by atoms with Crippen LogP contribution in [0.5, 0.6) is 0 Å². The number of aromatic carboxylic acids is 1. The molecular weight excluding hydrogens is 240 g/mol.